The molecule has 84 heavy (non-hydrogen) atoms. The van der Waals surface area contributed by atoms with Crippen LogP contribution >= 0.6 is 21.6 Å². The quantitative estimate of drug-likeness (QED) is 0.0381. The molecule has 15 N–H and O–H groups in total. The van der Waals surface area contributed by atoms with Crippen molar-refractivity contribution < 1.29 is 58.8 Å². The van der Waals surface area contributed by atoms with Crippen LogP contribution in [0.15, 0.2) is 121 Å². The van der Waals surface area contributed by atoms with Gasteiger partial charge >= 0.3 is 5.97 Å². The fourth-order valence-electron chi connectivity index (χ4n) is 9.36. The van der Waals surface area contributed by atoms with Gasteiger partial charge < -0.3 is 73.7 Å². The number of aromatic carboxylic acids is 1. The van der Waals surface area contributed by atoms with Gasteiger partial charge in [-0.15, -0.1) is 0 Å². The third-order valence-corrected chi connectivity index (χ3v) is 16.5. The second-order valence-corrected chi connectivity index (χ2v) is 23.0. The molecule has 1 fully saturated rings. The van der Waals surface area contributed by atoms with Crippen molar-refractivity contribution in [2.45, 2.75) is 113 Å². The van der Waals surface area contributed by atoms with Gasteiger partial charge in [-0.3, -0.25) is 33.6 Å². The fourth-order valence-corrected chi connectivity index (χ4v) is 11.7. The number of unbranched alkanes of at least 4 members (excludes halogenated alkanes) is 1. The molecule has 0 saturated carbocycles. The van der Waals surface area contributed by atoms with Gasteiger partial charge in [0.05, 0.1) is 42.0 Å². The second kappa shape index (κ2) is 31.0. The number of hydrogen-bond donors (Lipinski definition) is 14. The number of nitrogens with one attached hydrogen (secondary N) is 9. The summed E-state index contributed by atoms with van der Waals surface area (Å²) in [5.41, 5.74) is 9.70. The number of aromatic amines is 1. The van der Waals surface area contributed by atoms with E-state index in [4.69, 9.17) is 5.73 Å². The maximum absolute atomic E-state index is 15.0. The third kappa shape index (κ3) is 18.0. The molecule has 10 atom stereocenters. The highest BCUT2D eigenvalue weighted by Crippen LogP contribution is 2.25. The van der Waals surface area contributed by atoms with Crippen LogP contribution in [-0.2, 0) is 52.8 Å². The molecule has 0 bridgehead atoms. The monoisotopic (exact) mass is 1190 g/mol. The Morgan fingerprint density at radius 3 is 2.02 bits per heavy atom. The standard InChI is InChI=1S/C59H71N11O12S2/c1-33(72)47(30-71)67-57(79)49-32-84-83-31-48(68-52(74)41(60)26-35-14-5-3-6-15-35)56(78)65-45(27-36-16-7-4-8-17-36)54(76)66-46(28-37-29-62-42-20-10-9-18-38(37)42)55(77)64-44(53(75)70-51(34(2)73)58(80)69-49)21-11-12-25-61-50-24-23-39-40(59(81)82)19-13-22-43(39)63-50/h3-10,13-20,22-24,29,33-34,41,44-49,51,62,71-73H,11-12,21,25-28,30-32,60H2,1-2H3,(H,61,63)(H,64,77)(H,65,78)(H,66,76)(H,67,79)(H,68,74)(H,69,80)(H,70,75)(H,81,82)/t33?,34-,41-,44+,45+,46-,47?,48+,49+,51+/m1/s1. The number of H-pyrrole nitrogens is 1. The number of fused-ring (bicyclic) bond motifs is 2. The number of rotatable bonds is 20. The minimum absolute atomic E-state index is 0.0517. The van der Waals surface area contributed by atoms with Gasteiger partial charge in [-0.1, -0.05) is 107 Å². The number of aliphatic hydroxyl groups excluding tert-OH is 3. The van der Waals surface area contributed by atoms with Crippen molar-refractivity contribution in [1.29, 1.82) is 0 Å². The van der Waals surface area contributed by atoms with Gasteiger partial charge in [-0.2, -0.15) is 0 Å². The first-order valence-electron chi connectivity index (χ1n) is 27.5. The van der Waals surface area contributed by atoms with Crippen LogP contribution in [0.25, 0.3) is 21.8 Å². The van der Waals surface area contributed by atoms with Crippen LogP contribution in [-0.4, -0.2) is 163 Å². The Morgan fingerprint density at radius 2 is 1.33 bits per heavy atom. The Hall–Kier alpha value is -8.07. The van der Waals surface area contributed by atoms with Crippen molar-refractivity contribution in [3.63, 3.8) is 0 Å². The lowest BCUT2D eigenvalue weighted by Crippen LogP contribution is -2.62. The molecule has 23 nitrogen and oxygen atoms in total. The van der Waals surface area contributed by atoms with E-state index in [9.17, 15) is 54.0 Å². The number of carboxylic acid groups (broad SMARTS) is 1. The second-order valence-electron chi connectivity index (χ2n) is 20.5. The Labute approximate surface area is 492 Å². The number of nitrogens with zero attached hydrogens (tertiary/aromatic N) is 1. The molecule has 7 rings (SSSR count). The molecule has 1 aliphatic rings. The van der Waals surface area contributed by atoms with Crippen LogP contribution in [0.4, 0.5) is 5.82 Å². The fraction of sp³-hybridized carbons (Fsp3) is 0.373. The van der Waals surface area contributed by atoms with Gasteiger partial charge in [0, 0.05) is 53.4 Å². The van der Waals surface area contributed by atoms with E-state index in [0.717, 1.165) is 38.1 Å². The van der Waals surface area contributed by atoms with E-state index in [0.29, 0.717) is 40.8 Å². The molecule has 0 spiro atoms. The Morgan fingerprint density at radius 1 is 0.690 bits per heavy atom. The molecule has 2 unspecified atom stereocenters. The topological polar surface area (TPSA) is 368 Å². The van der Waals surface area contributed by atoms with Crippen LogP contribution in [0.3, 0.4) is 0 Å². The molecule has 7 amide bonds. The van der Waals surface area contributed by atoms with Crippen LogP contribution in [0.1, 0.15) is 60.2 Å². The van der Waals surface area contributed by atoms with Crippen molar-refractivity contribution in [2.24, 2.45) is 5.73 Å². The highest BCUT2D eigenvalue weighted by molar-refractivity contribution is 8.76. The van der Waals surface area contributed by atoms with Crippen LogP contribution in [0, 0.1) is 0 Å². The number of carbonyl (C=O) groups excluding carboxylic acids is 7. The van der Waals surface area contributed by atoms with Gasteiger partial charge in [-0.25, -0.2) is 9.78 Å². The minimum atomic E-state index is -1.73. The van der Waals surface area contributed by atoms with Crippen LogP contribution < -0.4 is 48.3 Å². The van der Waals surface area contributed by atoms with E-state index in [1.54, 1.807) is 85.1 Å². The van der Waals surface area contributed by atoms with E-state index >= 15 is 4.79 Å². The Balaban J connectivity index is 1.23. The molecule has 6 aromatic rings. The smallest absolute Gasteiger partial charge is 0.336 e. The Bertz CT molecular complexity index is 3250. The van der Waals surface area contributed by atoms with Crippen molar-refractivity contribution >= 4 is 96.5 Å². The molecular weight excluding hydrogens is 1120 g/mol. The van der Waals surface area contributed by atoms with E-state index in [2.05, 4.69) is 52.5 Å². The molecule has 1 aliphatic heterocycles. The lowest BCUT2D eigenvalue weighted by molar-refractivity contribution is -0.136. The molecule has 2 aromatic heterocycles. The molecule has 3 heterocycles. The number of aromatic nitrogens is 2. The zero-order valence-electron chi connectivity index (χ0n) is 46.3. The normalized spacial score (nSPS) is 21.0. The number of nitrogens with two attached hydrogens (primary N) is 1. The number of aliphatic hydroxyl groups is 3. The molecule has 446 valence electrons. The zero-order valence-corrected chi connectivity index (χ0v) is 47.9. The SMILES string of the molecule is CC(O)C(CO)NC(=O)[C@@H]1CSSC[C@H](NC(=O)[C@H](N)Cc2ccccc2)C(=O)N[C@@H](Cc2ccccc2)C(=O)N[C@H](Cc2c[nH]c3ccccc23)C(=O)N[C@@H](CCCCNc2ccc3c(C(=O)O)cccc3n2)C(=O)N[C@@H]([C@@H](C)O)C(=O)N1. The number of para-hydroxylation sites is 1. The number of benzene rings is 4. The van der Waals surface area contributed by atoms with E-state index in [1.807, 2.05) is 30.3 Å². The maximum atomic E-state index is 15.0. The van der Waals surface area contributed by atoms with E-state index in [-0.39, 0.29) is 49.2 Å². The van der Waals surface area contributed by atoms with Crippen LogP contribution in [0.5, 0.6) is 0 Å². The minimum Gasteiger partial charge on any atom is -0.478 e. The predicted molar refractivity (Wildman–Crippen MR) is 320 cm³/mol. The summed E-state index contributed by atoms with van der Waals surface area (Å²) >= 11 is 0. The first-order chi connectivity index (χ1) is 40.4. The summed E-state index contributed by atoms with van der Waals surface area (Å²) in [5.74, 6) is -6.95. The van der Waals surface area contributed by atoms with Crippen molar-refractivity contribution in [1.82, 2.24) is 47.2 Å². The first-order valence-corrected chi connectivity index (χ1v) is 30.0. The summed E-state index contributed by atoms with van der Waals surface area (Å²) in [4.78, 5) is 121. The summed E-state index contributed by atoms with van der Waals surface area (Å²) in [7, 11) is 2.02. The number of pyridine rings is 1. The van der Waals surface area contributed by atoms with E-state index in [1.165, 1.54) is 19.9 Å². The summed E-state index contributed by atoms with van der Waals surface area (Å²) < 4.78 is 0. The largest absolute Gasteiger partial charge is 0.478 e. The predicted octanol–water partition coefficient (Wildman–Crippen LogP) is 1.59. The molecule has 0 aliphatic carbocycles. The number of hydrogen-bond acceptors (Lipinski definition) is 16. The zero-order chi connectivity index (χ0) is 60.3. The number of carbonyl (C=O) groups is 8. The lowest BCUT2D eigenvalue weighted by atomic mass is 10.0. The molecule has 0 radical (unpaired) electrons. The first kappa shape index (κ1) is 63.5. The molecule has 1 saturated heterocycles. The van der Waals surface area contributed by atoms with Crippen LogP contribution in [0.2, 0.25) is 0 Å². The van der Waals surface area contributed by atoms with Crippen molar-refractivity contribution in [3.05, 3.63) is 144 Å². The average molecular weight is 1190 g/mol. The third-order valence-electron chi connectivity index (χ3n) is 14.1. The molecule has 4 aromatic carbocycles. The number of anilines is 1. The maximum Gasteiger partial charge on any atom is 0.336 e. The van der Waals surface area contributed by atoms with E-state index < -0.39 is 114 Å². The lowest BCUT2D eigenvalue weighted by Gasteiger charge is -2.29. The van der Waals surface area contributed by atoms with Gasteiger partial charge in [0.25, 0.3) is 0 Å². The molecule has 25 heteroatoms. The highest BCUT2D eigenvalue weighted by Gasteiger charge is 2.36. The number of amides is 7. The van der Waals surface area contributed by atoms with Gasteiger partial charge in [0.15, 0.2) is 0 Å². The summed E-state index contributed by atoms with van der Waals surface area (Å²) in [5, 5.41) is 64.4. The number of carboxylic acids is 1. The highest BCUT2D eigenvalue weighted by atomic mass is 33.1. The Kier molecular flexibility index (Phi) is 23.4. The van der Waals surface area contributed by atoms with Gasteiger partial charge in [0.2, 0.25) is 41.4 Å². The molecular formula is C59H71N11O12S2. The van der Waals surface area contributed by atoms with Gasteiger partial charge in [0.1, 0.15) is 42.1 Å². The summed E-state index contributed by atoms with van der Waals surface area (Å²) in [6, 6.07) is 22.1. The van der Waals surface area contributed by atoms with Crippen molar-refractivity contribution in [2.75, 3.05) is 30.0 Å². The average Bonchev–Trinajstić information content (AvgIpc) is 3.24. The summed E-state index contributed by atoms with van der Waals surface area (Å²) in [6.07, 6.45) is -0.613. The van der Waals surface area contributed by atoms with Crippen molar-refractivity contribution in [3.8, 4) is 0 Å². The summed E-state index contributed by atoms with van der Waals surface area (Å²) in [6.45, 7) is 2.22. The van der Waals surface area contributed by atoms with Gasteiger partial charge in [-0.05, 0) is 86.6 Å².